The van der Waals surface area contributed by atoms with E-state index in [2.05, 4.69) is 66.7 Å². The van der Waals surface area contributed by atoms with Gasteiger partial charge in [0.25, 0.3) is 0 Å². The summed E-state index contributed by atoms with van der Waals surface area (Å²) in [6.07, 6.45) is 0. The number of nitrogens with two attached hydrogens (primary N) is 1. The van der Waals surface area contributed by atoms with E-state index in [1.54, 1.807) is 0 Å². The Bertz CT molecular complexity index is 687. The third-order valence-electron chi connectivity index (χ3n) is 3.52. The molecule has 2 N–H and O–H groups in total. The summed E-state index contributed by atoms with van der Waals surface area (Å²) < 4.78 is 0. The summed E-state index contributed by atoms with van der Waals surface area (Å²) in [4.78, 5) is 0. The van der Waals surface area contributed by atoms with E-state index in [0.29, 0.717) is 6.54 Å². The van der Waals surface area contributed by atoms with Gasteiger partial charge in [0.15, 0.2) is 0 Å². The average Bonchev–Trinajstić information content (AvgIpc) is 2.56. The average molecular weight is 259 g/mol. The van der Waals surface area contributed by atoms with Crippen molar-refractivity contribution in [3.63, 3.8) is 0 Å². The van der Waals surface area contributed by atoms with Crippen LogP contribution >= 0.6 is 0 Å². The Balaban J connectivity index is 2.07. The van der Waals surface area contributed by atoms with Crippen LogP contribution in [-0.2, 0) is 6.54 Å². The molecule has 0 fully saturated rings. The number of hydrogen-bond donors (Lipinski definition) is 1. The van der Waals surface area contributed by atoms with Crippen LogP contribution in [0.4, 0.5) is 0 Å². The highest BCUT2D eigenvalue weighted by Crippen LogP contribution is 2.28. The Morgan fingerprint density at radius 3 is 1.80 bits per heavy atom. The maximum absolute atomic E-state index is 5.93. The summed E-state index contributed by atoms with van der Waals surface area (Å²) in [5.41, 5.74) is 12.0. The molecule has 3 aromatic rings. The minimum Gasteiger partial charge on any atom is -0.326 e. The van der Waals surface area contributed by atoms with Gasteiger partial charge in [0.05, 0.1) is 0 Å². The Morgan fingerprint density at radius 1 is 0.600 bits per heavy atom. The second-order valence-corrected chi connectivity index (χ2v) is 4.81. The Hall–Kier alpha value is -2.38. The molecule has 0 aliphatic carbocycles. The summed E-state index contributed by atoms with van der Waals surface area (Å²) >= 11 is 0. The van der Waals surface area contributed by atoms with Crippen LogP contribution in [0.1, 0.15) is 5.56 Å². The van der Waals surface area contributed by atoms with Crippen molar-refractivity contribution in [2.75, 3.05) is 0 Å². The van der Waals surface area contributed by atoms with Crippen molar-refractivity contribution in [2.45, 2.75) is 6.54 Å². The van der Waals surface area contributed by atoms with Gasteiger partial charge in [0.2, 0.25) is 0 Å². The first-order chi connectivity index (χ1) is 9.88. The fraction of sp³-hybridized carbons (Fsp3) is 0.0526. The molecule has 0 aliphatic heterocycles. The molecule has 0 radical (unpaired) electrons. The van der Waals surface area contributed by atoms with Gasteiger partial charge in [-0.2, -0.15) is 0 Å². The molecule has 1 heteroatoms. The zero-order valence-electron chi connectivity index (χ0n) is 11.3. The lowest BCUT2D eigenvalue weighted by Gasteiger charge is -2.11. The van der Waals surface area contributed by atoms with Gasteiger partial charge in [-0.1, -0.05) is 72.8 Å². The molecule has 1 nitrogen and oxygen atoms in total. The smallest absolute Gasteiger partial charge is 0.0184 e. The number of benzene rings is 3. The van der Waals surface area contributed by atoms with Gasteiger partial charge in [-0.05, 0) is 33.9 Å². The quantitative estimate of drug-likeness (QED) is 0.737. The summed E-state index contributed by atoms with van der Waals surface area (Å²) in [7, 11) is 0. The van der Waals surface area contributed by atoms with Gasteiger partial charge in [0, 0.05) is 6.54 Å². The van der Waals surface area contributed by atoms with Crippen molar-refractivity contribution in [3.05, 3.63) is 84.4 Å². The molecule has 0 saturated carbocycles. The van der Waals surface area contributed by atoms with Crippen molar-refractivity contribution in [1.82, 2.24) is 0 Å². The normalized spacial score (nSPS) is 10.4. The highest BCUT2D eigenvalue weighted by atomic mass is 14.5. The van der Waals surface area contributed by atoms with Gasteiger partial charge in [-0.25, -0.2) is 0 Å². The predicted octanol–water partition coefficient (Wildman–Crippen LogP) is 4.48. The molecular weight excluding hydrogens is 242 g/mol. The van der Waals surface area contributed by atoms with Crippen LogP contribution in [-0.4, -0.2) is 0 Å². The lowest BCUT2D eigenvalue weighted by atomic mass is 9.95. The fourth-order valence-corrected chi connectivity index (χ4v) is 2.47. The van der Waals surface area contributed by atoms with E-state index in [0.717, 1.165) is 0 Å². The van der Waals surface area contributed by atoms with Crippen molar-refractivity contribution < 1.29 is 0 Å². The van der Waals surface area contributed by atoms with Gasteiger partial charge in [-0.3, -0.25) is 0 Å². The molecule has 0 aliphatic rings. The first-order valence-electron chi connectivity index (χ1n) is 6.82. The molecular formula is C19H17N. The van der Waals surface area contributed by atoms with Crippen molar-refractivity contribution >= 4 is 0 Å². The molecule has 3 aromatic carbocycles. The van der Waals surface area contributed by atoms with Gasteiger partial charge in [0.1, 0.15) is 0 Å². The van der Waals surface area contributed by atoms with Crippen LogP contribution in [0.2, 0.25) is 0 Å². The van der Waals surface area contributed by atoms with Crippen molar-refractivity contribution in [1.29, 1.82) is 0 Å². The van der Waals surface area contributed by atoms with Crippen LogP contribution in [0, 0.1) is 0 Å². The third kappa shape index (κ3) is 2.49. The maximum atomic E-state index is 5.93. The minimum atomic E-state index is 0.547. The number of hydrogen-bond acceptors (Lipinski definition) is 1. The van der Waals surface area contributed by atoms with E-state index in [-0.39, 0.29) is 0 Å². The highest BCUT2D eigenvalue weighted by molar-refractivity contribution is 5.73. The second kappa shape index (κ2) is 5.72. The largest absolute Gasteiger partial charge is 0.326 e. The summed E-state index contributed by atoms with van der Waals surface area (Å²) in [6.45, 7) is 0.547. The first-order valence-corrected chi connectivity index (χ1v) is 6.82. The summed E-state index contributed by atoms with van der Waals surface area (Å²) in [6, 6.07) is 27.3. The third-order valence-corrected chi connectivity index (χ3v) is 3.52. The second-order valence-electron chi connectivity index (χ2n) is 4.81. The van der Waals surface area contributed by atoms with Crippen LogP contribution in [0.25, 0.3) is 22.3 Å². The topological polar surface area (TPSA) is 26.0 Å². The zero-order valence-corrected chi connectivity index (χ0v) is 11.3. The van der Waals surface area contributed by atoms with Crippen LogP contribution in [0.15, 0.2) is 78.9 Å². The Labute approximate surface area is 119 Å². The standard InChI is InChI=1S/C19H17N/c20-14-18-13-17(15-7-3-1-4-8-15)11-12-19(18)16-9-5-2-6-10-16/h1-13H,14,20H2. The molecule has 0 spiro atoms. The molecule has 20 heavy (non-hydrogen) atoms. The molecule has 0 saturated heterocycles. The Morgan fingerprint density at radius 2 is 1.20 bits per heavy atom. The number of rotatable bonds is 3. The van der Waals surface area contributed by atoms with E-state index >= 15 is 0 Å². The van der Waals surface area contributed by atoms with Crippen LogP contribution < -0.4 is 5.73 Å². The fourth-order valence-electron chi connectivity index (χ4n) is 2.47. The van der Waals surface area contributed by atoms with Crippen molar-refractivity contribution in [3.8, 4) is 22.3 Å². The van der Waals surface area contributed by atoms with E-state index in [1.807, 2.05) is 12.1 Å². The SMILES string of the molecule is NCc1cc(-c2ccccc2)ccc1-c1ccccc1. The summed E-state index contributed by atoms with van der Waals surface area (Å²) in [5.74, 6) is 0. The molecule has 3 rings (SSSR count). The molecule has 0 unspecified atom stereocenters. The monoisotopic (exact) mass is 259 g/mol. The van der Waals surface area contributed by atoms with Gasteiger partial charge in [-0.15, -0.1) is 0 Å². The molecule has 0 aromatic heterocycles. The van der Waals surface area contributed by atoms with E-state index in [9.17, 15) is 0 Å². The summed E-state index contributed by atoms with van der Waals surface area (Å²) in [5, 5.41) is 0. The Kier molecular flexibility index (Phi) is 3.62. The van der Waals surface area contributed by atoms with Gasteiger partial charge < -0.3 is 5.73 Å². The predicted molar refractivity (Wildman–Crippen MR) is 85.2 cm³/mol. The first kappa shape index (κ1) is 12.6. The molecule has 0 atom stereocenters. The molecule has 0 amide bonds. The highest BCUT2D eigenvalue weighted by Gasteiger charge is 2.06. The van der Waals surface area contributed by atoms with Crippen molar-refractivity contribution in [2.24, 2.45) is 5.73 Å². The maximum Gasteiger partial charge on any atom is 0.0184 e. The van der Waals surface area contributed by atoms with Crippen LogP contribution in [0.5, 0.6) is 0 Å². The lowest BCUT2D eigenvalue weighted by Crippen LogP contribution is -1.99. The van der Waals surface area contributed by atoms with E-state index in [4.69, 9.17) is 5.73 Å². The van der Waals surface area contributed by atoms with Gasteiger partial charge >= 0.3 is 0 Å². The lowest BCUT2D eigenvalue weighted by molar-refractivity contribution is 1.07. The van der Waals surface area contributed by atoms with E-state index in [1.165, 1.54) is 27.8 Å². The van der Waals surface area contributed by atoms with Crippen LogP contribution in [0.3, 0.4) is 0 Å². The van der Waals surface area contributed by atoms with E-state index < -0.39 is 0 Å². The molecule has 0 bridgehead atoms. The zero-order chi connectivity index (χ0) is 13.8. The molecule has 98 valence electrons. The molecule has 0 heterocycles. The minimum absolute atomic E-state index is 0.547.